The van der Waals surface area contributed by atoms with E-state index in [2.05, 4.69) is 17.2 Å². The van der Waals surface area contributed by atoms with Gasteiger partial charge in [0.1, 0.15) is 11.2 Å². The van der Waals surface area contributed by atoms with Crippen LogP contribution in [0.25, 0.3) is 44.0 Å². The van der Waals surface area contributed by atoms with Gasteiger partial charge in [0, 0.05) is 21.0 Å². The van der Waals surface area contributed by atoms with E-state index in [-0.39, 0.29) is 0 Å². The predicted molar refractivity (Wildman–Crippen MR) is 105 cm³/mol. The summed E-state index contributed by atoms with van der Waals surface area (Å²) in [5.41, 5.74) is 4.02. The summed E-state index contributed by atoms with van der Waals surface area (Å²) >= 11 is 0. The van der Waals surface area contributed by atoms with Gasteiger partial charge in [0.15, 0.2) is 7.05 Å². The van der Waals surface area contributed by atoms with Crippen LogP contribution < -0.4 is 4.68 Å². The second-order valence-electron chi connectivity index (χ2n) is 6.63. The maximum atomic E-state index is 8.07. The Morgan fingerprint density at radius 1 is 1.00 bits per heavy atom. The van der Waals surface area contributed by atoms with Crippen molar-refractivity contribution in [2.45, 2.75) is 13.8 Å². The fourth-order valence-electron chi connectivity index (χ4n) is 3.68. The zero-order chi connectivity index (χ0) is 20.3. The summed E-state index contributed by atoms with van der Waals surface area (Å²) in [6, 6.07) is 17.7. The molecule has 0 amide bonds. The molecule has 3 heteroatoms. The molecule has 126 valence electrons. The molecular weight excluding hydrogens is 320 g/mol. The third-order valence-corrected chi connectivity index (χ3v) is 5.07. The molecule has 0 saturated carbocycles. The summed E-state index contributed by atoms with van der Waals surface area (Å²) < 4.78 is 32.3. The van der Waals surface area contributed by atoms with Gasteiger partial charge in [0.05, 0.1) is 11.8 Å². The van der Waals surface area contributed by atoms with Gasteiger partial charge in [0.25, 0.3) is 0 Å². The lowest BCUT2D eigenvalue weighted by Crippen LogP contribution is -2.35. The van der Waals surface area contributed by atoms with Crippen LogP contribution in [0.2, 0.25) is 0 Å². The first-order chi connectivity index (χ1) is 13.8. The highest BCUT2D eigenvalue weighted by Gasteiger charge is 2.22. The van der Waals surface area contributed by atoms with E-state index in [1.165, 1.54) is 0 Å². The van der Waals surface area contributed by atoms with E-state index in [1.54, 1.807) is 16.9 Å². The fraction of sp³-hybridized carbons (Fsp3) is 0.130. The van der Waals surface area contributed by atoms with Crippen molar-refractivity contribution in [3.63, 3.8) is 0 Å². The van der Waals surface area contributed by atoms with Crippen LogP contribution in [0.1, 0.15) is 15.2 Å². The average Bonchev–Trinajstić information content (AvgIpc) is 3.02. The number of fused-ring (bicyclic) bond motifs is 4. The van der Waals surface area contributed by atoms with Gasteiger partial charge in [-0.15, -0.1) is 0 Å². The largest absolute Gasteiger partial charge is 0.455 e. The highest BCUT2D eigenvalue weighted by molar-refractivity contribution is 6.13. The fourth-order valence-corrected chi connectivity index (χ4v) is 3.68. The molecule has 0 unspecified atom stereocenters. The number of furan rings is 1. The Bertz CT molecular complexity index is 1420. The smallest absolute Gasteiger partial charge is 0.242 e. The summed E-state index contributed by atoms with van der Waals surface area (Å²) in [5.74, 6) is 0. The highest BCUT2D eigenvalue weighted by atomic mass is 16.3. The molecule has 0 fully saturated rings. The van der Waals surface area contributed by atoms with Crippen molar-refractivity contribution in [2.75, 3.05) is 0 Å². The normalized spacial score (nSPS) is 13.8. The second-order valence-corrected chi connectivity index (χ2v) is 6.63. The van der Waals surface area contributed by atoms with Crippen LogP contribution in [0.5, 0.6) is 0 Å². The van der Waals surface area contributed by atoms with Gasteiger partial charge in [0.2, 0.25) is 5.69 Å². The van der Waals surface area contributed by atoms with Crippen LogP contribution in [-0.2, 0) is 7.05 Å². The first-order valence-electron chi connectivity index (χ1n) is 10.1. The van der Waals surface area contributed by atoms with Gasteiger partial charge in [-0.2, -0.15) is 0 Å². The Morgan fingerprint density at radius 3 is 2.58 bits per heavy atom. The van der Waals surface area contributed by atoms with Crippen LogP contribution in [0.15, 0.2) is 65.2 Å². The summed E-state index contributed by atoms with van der Waals surface area (Å²) in [4.78, 5) is 0. The molecule has 2 aromatic heterocycles. The van der Waals surface area contributed by atoms with Gasteiger partial charge in [-0.25, -0.2) is 0 Å². The topological polar surface area (TPSA) is 29.9 Å². The third kappa shape index (κ3) is 2.07. The Kier molecular flexibility index (Phi) is 2.53. The van der Waals surface area contributed by atoms with Crippen molar-refractivity contribution in [3.05, 3.63) is 71.9 Å². The number of nitrogens with zero attached hydrogens (tertiary/aromatic N) is 2. The van der Waals surface area contributed by atoms with Crippen LogP contribution in [0.3, 0.4) is 0 Å². The first-order valence-corrected chi connectivity index (χ1v) is 8.55. The number of rotatable bonds is 1. The monoisotopic (exact) mass is 342 g/mol. The molecule has 3 nitrogen and oxygen atoms in total. The Morgan fingerprint density at radius 2 is 1.81 bits per heavy atom. The Hall–Kier alpha value is -3.20. The summed E-state index contributed by atoms with van der Waals surface area (Å²) in [6.45, 7) is -0.387. The van der Waals surface area contributed by atoms with Gasteiger partial charge < -0.3 is 4.42 Å². The lowest BCUT2D eigenvalue weighted by atomic mass is 9.96. The lowest BCUT2D eigenvalue weighted by Gasteiger charge is -2.07. The molecule has 0 spiro atoms. The minimum absolute atomic E-state index is 0.333. The molecule has 0 radical (unpaired) electrons. The molecular formula is C23H19N2O+. The number of aryl methyl sites for hydroxylation is 2. The van der Waals surface area contributed by atoms with E-state index in [1.807, 2.05) is 50.4 Å². The van der Waals surface area contributed by atoms with Crippen LogP contribution in [0, 0.1) is 13.8 Å². The minimum atomic E-state index is -2.23. The van der Waals surface area contributed by atoms with Crippen LogP contribution in [0.4, 0.5) is 0 Å². The first kappa shape index (κ1) is 12.2. The molecule has 26 heavy (non-hydrogen) atoms. The molecule has 5 aromatic rings. The number of benzene rings is 3. The minimum Gasteiger partial charge on any atom is -0.455 e. The molecule has 0 aliphatic carbocycles. The molecule has 2 heterocycles. The summed E-state index contributed by atoms with van der Waals surface area (Å²) in [7, 11) is 1.85. The molecule has 0 aliphatic heterocycles. The van der Waals surface area contributed by atoms with Gasteiger partial charge >= 0.3 is 0 Å². The van der Waals surface area contributed by atoms with Crippen LogP contribution >= 0.6 is 0 Å². The Labute approximate surface area is 155 Å². The van der Waals surface area contributed by atoms with E-state index in [0.717, 1.165) is 38.4 Å². The molecule has 0 bridgehead atoms. The van der Waals surface area contributed by atoms with Crippen molar-refractivity contribution in [1.29, 1.82) is 0 Å². The van der Waals surface area contributed by atoms with Crippen molar-refractivity contribution < 1.29 is 13.2 Å². The molecule has 3 aromatic carbocycles. The van der Waals surface area contributed by atoms with Gasteiger partial charge in [-0.05, 0) is 65.0 Å². The van der Waals surface area contributed by atoms with Gasteiger partial charge in [-0.1, -0.05) is 28.9 Å². The van der Waals surface area contributed by atoms with E-state index in [9.17, 15) is 0 Å². The molecule has 0 atom stereocenters. The number of hydrogen-bond acceptors (Lipinski definition) is 2. The third-order valence-electron chi connectivity index (χ3n) is 5.07. The molecule has 0 aliphatic rings. The molecule has 0 saturated heterocycles. The van der Waals surface area contributed by atoms with Crippen molar-refractivity contribution in [3.8, 4) is 11.3 Å². The van der Waals surface area contributed by atoms with Crippen LogP contribution in [-0.4, -0.2) is 5.10 Å². The quantitative estimate of drug-likeness (QED) is 0.390. The maximum Gasteiger partial charge on any atom is 0.242 e. The molecule has 5 rings (SSSR count). The molecule has 0 N–H and O–H groups in total. The average molecular weight is 342 g/mol. The summed E-state index contributed by atoms with van der Waals surface area (Å²) in [5, 5.41) is 8.22. The van der Waals surface area contributed by atoms with E-state index >= 15 is 0 Å². The van der Waals surface area contributed by atoms with E-state index in [0.29, 0.717) is 16.7 Å². The van der Waals surface area contributed by atoms with Crippen molar-refractivity contribution >= 4 is 32.7 Å². The standard InChI is InChI=1S/C23H19N2O/c1-14-11-19-18-12-16-7-4-5-8-17(16)13-21(18)26-23(19)22(15(14)2)20-9-6-10-24-25(20)3/h4-13H,1-3H3/q+1/i1D3. The van der Waals surface area contributed by atoms with E-state index < -0.39 is 6.85 Å². The number of hydrogen-bond donors (Lipinski definition) is 0. The van der Waals surface area contributed by atoms with Crippen molar-refractivity contribution in [1.82, 2.24) is 5.10 Å². The highest BCUT2D eigenvalue weighted by Crippen LogP contribution is 2.39. The van der Waals surface area contributed by atoms with Gasteiger partial charge in [-0.3, -0.25) is 0 Å². The number of aromatic nitrogens is 2. The SMILES string of the molecule is [2H]C([2H])([2H])c1cc2c(oc3cc4ccccc4cc32)c(-c2cccn[n+]2C)c1C. The Balaban J connectivity index is 1.99. The predicted octanol–water partition coefficient (Wildman–Crippen LogP) is 5.24. The second kappa shape index (κ2) is 5.40. The summed E-state index contributed by atoms with van der Waals surface area (Å²) in [6.07, 6.45) is 1.70. The van der Waals surface area contributed by atoms with Crippen molar-refractivity contribution in [2.24, 2.45) is 7.05 Å². The zero-order valence-corrected chi connectivity index (χ0v) is 14.6. The zero-order valence-electron chi connectivity index (χ0n) is 17.6. The van der Waals surface area contributed by atoms with E-state index in [4.69, 9.17) is 8.53 Å². The maximum absolute atomic E-state index is 8.07. The lowest BCUT2D eigenvalue weighted by molar-refractivity contribution is -0.720.